The molecule has 0 amide bonds. The van der Waals surface area contributed by atoms with Gasteiger partial charge in [0.2, 0.25) is 0 Å². The van der Waals surface area contributed by atoms with E-state index in [2.05, 4.69) is 25.1 Å². The Kier molecular flexibility index (Phi) is 5.61. The van der Waals surface area contributed by atoms with Crippen molar-refractivity contribution in [3.05, 3.63) is 29.8 Å². The van der Waals surface area contributed by atoms with Crippen molar-refractivity contribution in [2.24, 2.45) is 0 Å². The second-order valence-electron chi connectivity index (χ2n) is 3.46. The fraction of sp³-hybridized carbons (Fsp3) is 0.500. The van der Waals surface area contributed by atoms with Crippen LogP contribution in [0.1, 0.15) is 25.3 Å². The van der Waals surface area contributed by atoms with Crippen molar-refractivity contribution in [2.75, 3.05) is 14.2 Å². The molecular formula is C12H19O2Si. The molecule has 0 saturated heterocycles. The molecule has 0 fully saturated rings. The number of benzene rings is 1. The molecule has 3 heteroatoms. The zero-order chi connectivity index (χ0) is 11.1. The maximum absolute atomic E-state index is 5.39. The highest BCUT2D eigenvalue weighted by Crippen LogP contribution is 2.04. The average molecular weight is 223 g/mol. The number of rotatable bonds is 6. The van der Waals surface area contributed by atoms with Gasteiger partial charge in [0.05, 0.1) is 0 Å². The lowest BCUT2D eigenvalue weighted by Crippen LogP contribution is -2.37. The summed E-state index contributed by atoms with van der Waals surface area (Å²) in [5, 5.41) is 1.25. The molecule has 15 heavy (non-hydrogen) atoms. The molecule has 1 aromatic rings. The van der Waals surface area contributed by atoms with E-state index in [-0.39, 0.29) is 0 Å². The summed E-state index contributed by atoms with van der Waals surface area (Å²) in [7, 11) is 2.17. The molecule has 0 aliphatic carbocycles. The Bertz CT molecular complexity index is 285. The van der Waals surface area contributed by atoms with Gasteiger partial charge >= 0.3 is 9.28 Å². The van der Waals surface area contributed by atoms with Gasteiger partial charge in [0.25, 0.3) is 0 Å². The molecule has 0 unspecified atom stereocenters. The van der Waals surface area contributed by atoms with Crippen molar-refractivity contribution in [2.45, 2.75) is 26.2 Å². The van der Waals surface area contributed by atoms with Crippen LogP contribution in [0.5, 0.6) is 0 Å². The molecule has 83 valence electrons. The molecule has 0 atom stereocenters. The van der Waals surface area contributed by atoms with Crippen LogP contribution >= 0.6 is 0 Å². The summed E-state index contributed by atoms with van der Waals surface area (Å²) in [5.41, 5.74) is 1.37. The quantitative estimate of drug-likeness (QED) is 0.687. The molecule has 1 aromatic carbocycles. The molecule has 0 saturated carbocycles. The minimum Gasteiger partial charge on any atom is -0.393 e. The summed E-state index contributed by atoms with van der Waals surface area (Å²) in [6.45, 7) is 2.21. The lowest BCUT2D eigenvalue weighted by molar-refractivity contribution is 0.291. The van der Waals surface area contributed by atoms with Crippen molar-refractivity contribution < 1.29 is 8.85 Å². The minimum absolute atomic E-state index is 1.12. The van der Waals surface area contributed by atoms with Crippen molar-refractivity contribution >= 4 is 14.5 Å². The smallest absolute Gasteiger partial charge is 0.393 e. The van der Waals surface area contributed by atoms with Crippen molar-refractivity contribution in [1.29, 1.82) is 0 Å². The zero-order valence-corrected chi connectivity index (χ0v) is 10.7. The predicted octanol–water partition coefficient (Wildman–Crippen LogP) is 2.02. The Morgan fingerprint density at radius 3 is 2.40 bits per heavy atom. The summed E-state index contributed by atoms with van der Waals surface area (Å²) >= 11 is 0. The van der Waals surface area contributed by atoms with E-state index in [1.54, 1.807) is 14.2 Å². The van der Waals surface area contributed by atoms with Crippen LogP contribution < -0.4 is 5.19 Å². The number of aryl methyl sites for hydroxylation is 1. The van der Waals surface area contributed by atoms with Gasteiger partial charge in [-0.25, -0.2) is 0 Å². The molecule has 0 aliphatic rings. The molecule has 0 heterocycles. The number of hydrogen-bond donors (Lipinski definition) is 0. The van der Waals surface area contributed by atoms with E-state index in [0.717, 1.165) is 6.42 Å². The summed E-state index contributed by atoms with van der Waals surface area (Å²) in [6.07, 6.45) is 3.56. The Balaban J connectivity index is 2.84. The van der Waals surface area contributed by atoms with Gasteiger partial charge < -0.3 is 8.85 Å². The minimum atomic E-state index is -1.26. The van der Waals surface area contributed by atoms with Crippen LogP contribution in [0.25, 0.3) is 0 Å². The summed E-state index contributed by atoms with van der Waals surface area (Å²) in [6, 6.07) is 8.42. The van der Waals surface area contributed by atoms with Crippen LogP contribution in [0.2, 0.25) is 0 Å². The summed E-state index contributed by atoms with van der Waals surface area (Å²) in [5.74, 6) is 0. The van der Waals surface area contributed by atoms with Crippen LogP contribution in [-0.4, -0.2) is 23.5 Å². The first-order valence-electron chi connectivity index (χ1n) is 5.36. The lowest BCUT2D eigenvalue weighted by atomic mass is 10.1. The van der Waals surface area contributed by atoms with Crippen LogP contribution in [-0.2, 0) is 15.3 Å². The fourth-order valence-corrected chi connectivity index (χ4v) is 2.92. The van der Waals surface area contributed by atoms with E-state index in [1.165, 1.54) is 23.6 Å². The van der Waals surface area contributed by atoms with Gasteiger partial charge in [0, 0.05) is 14.2 Å². The highest BCUT2D eigenvalue weighted by Gasteiger charge is 2.18. The number of unbranched alkanes of at least 4 members (excludes halogenated alkanes) is 1. The Morgan fingerprint density at radius 2 is 1.80 bits per heavy atom. The van der Waals surface area contributed by atoms with E-state index < -0.39 is 9.28 Å². The molecule has 0 bridgehead atoms. The van der Waals surface area contributed by atoms with E-state index in [0.29, 0.717) is 0 Å². The Morgan fingerprint density at radius 1 is 1.13 bits per heavy atom. The Hall–Kier alpha value is -0.643. The van der Waals surface area contributed by atoms with Gasteiger partial charge in [-0.1, -0.05) is 37.6 Å². The summed E-state index contributed by atoms with van der Waals surface area (Å²) < 4.78 is 10.8. The number of hydrogen-bond acceptors (Lipinski definition) is 2. The Labute approximate surface area is 94.1 Å². The average Bonchev–Trinajstić information content (AvgIpc) is 2.29. The van der Waals surface area contributed by atoms with Gasteiger partial charge in [0.1, 0.15) is 0 Å². The third-order valence-corrected chi connectivity index (χ3v) is 4.08. The first kappa shape index (κ1) is 12.4. The molecule has 0 spiro atoms. The third-order valence-electron chi connectivity index (χ3n) is 2.41. The topological polar surface area (TPSA) is 18.5 Å². The standard InChI is InChI=1S/C12H19O2Si/c1-4-5-8-11-9-6-7-10-12(11)15(13-2)14-3/h6-7,9-10H,4-5,8H2,1-3H3. The van der Waals surface area contributed by atoms with E-state index in [4.69, 9.17) is 8.85 Å². The highest BCUT2D eigenvalue weighted by atomic mass is 28.3. The second kappa shape index (κ2) is 6.77. The van der Waals surface area contributed by atoms with Gasteiger partial charge in [0.15, 0.2) is 0 Å². The third kappa shape index (κ3) is 3.45. The predicted molar refractivity (Wildman–Crippen MR) is 64.5 cm³/mol. The maximum atomic E-state index is 5.39. The van der Waals surface area contributed by atoms with E-state index >= 15 is 0 Å². The van der Waals surface area contributed by atoms with Crippen molar-refractivity contribution in [1.82, 2.24) is 0 Å². The van der Waals surface area contributed by atoms with Gasteiger partial charge in [-0.2, -0.15) is 0 Å². The zero-order valence-electron chi connectivity index (χ0n) is 9.75. The monoisotopic (exact) mass is 223 g/mol. The molecule has 0 N–H and O–H groups in total. The highest BCUT2D eigenvalue weighted by molar-refractivity contribution is 6.61. The molecule has 0 aliphatic heterocycles. The van der Waals surface area contributed by atoms with Crippen LogP contribution in [0.15, 0.2) is 24.3 Å². The largest absolute Gasteiger partial charge is 0.423 e. The molecule has 0 aromatic heterocycles. The molecular weight excluding hydrogens is 204 g/mol. The first-order valence-corrected chi connectivity index (χ1v) is 6.68. The van der Waals surface area contributed by atoms with Gasteiger partial charge in [-0.05, 0) is 23.6 Å². The second-order valence-corrected chi connectivity index (χ2v) is 5.39. The fourth-order valence-electron chi connectivity index (χ4n) is 1.61. The van der Waals surface area contributed by atoms with Crippen molar-refractivity contribution in [3.63, 3.8) is 0 Å². The van der Waals surface area contributed by atoms with Gasteiger partial charge in [-0.15, -0.1) is 0 Å². The van der Waals surface area contributed by atoms with Crippen LogP contribution in [0.3, 0.4) is 0 Å². The molecule has 1 radical (unpaired) electrons. The maximum Gasteiger partial charge on any atom is 0.423 e. The first-order chi connectivity index (χ1) is 7.33. The summed E-state index contributed by atoms with van der Waals surface area (Å²) in [4.78, 5) is 0. The van der Waals surface area contributed by atoms with Crippen LogP contribution in [0, 0.1) is 0 Å². The lowest BCUT2D eigenvalue weighted by Gasteiger charge is -2.13. The van der Waals surface area contributed by atoms with Crippen molar-refractivity contribution in [3.8, 4) is 0 Å². The molecule has 2 nitrogen and oxygen atoms in total. The SMILES string of the molecule is CCCCc1ccccc1[Si](OC)OC. The van der Waals surface area contributed by atoms with Gasteiger partial charge in [-0.3, -0.25) is 0 Å². The van der Waals surface area contributed by atoms with E-state index in [1.807, 2.05) is 6.07 Å². The molecule has 1 rings (SSSR count). The normalized spacial score (nSPS) is 10.9. The van der Waals surface area contributed by atoms with E-state index in [9.17, 15) is 0 Å². The van der Waals surface area contributed by atoms with Crippen LogP contribution in [0.4, 0.5) is 0 Å².